The summed E-state index contributed by atoms with van der Waals surface area (Å²) in [6.07, 6.45) is 3.90. The maximum atomic E-state index is 5.32. The molecule has 1 aliphatic heterocycles. The molecule has 1 unspecified atom stereocenters. The number of piperidine rings is 1. The number of rotatable bonds is 5. The fourth-order valence-corrected chi connectivity index (χ4v) is 2.04. The molecule has 1 rings (SSSR count). The van der Waals surface area contributed by atoms with Gasteiger partial charge < -0.3 is 4.74 Å². The van der Waals surface area contributed by atoms with Crippen LogP contribution in [0.2, 0.25) is 0 Å². The summed E-state index contributed by atoms with van der Waals surface area (Å²) in [4.78, 5) is 0. The Morgan fingerprint density at radius 1 is 1.31 bits per heavy atom. The van der Waals surface area contributed by atoms with Crippen LogP contribution in [-0.4, -0.2) is 31.3 Å². The van der Waals surface area contributed by atoms with E-state index in [-0.39, 0.29) is 6.04 Å². The third-order valence-corrected chi connectivity index (χ3v) is 3.02. The number of nitrogens with zero attached hydrogens (tertiary/aromatic N) is 1. The van der Waals surface area contributed by atoms with E-state index >= 15 is 0 Å². The zero-order valence-electron chi connectivity index (χ0n) is 10.8. The van der Waals surface area contributed by atoms with Gasteiger partial charge in [0.2, 0.25) is 0 Å². The molecule has 3 heteroatoms. The molecule has 0 aromatic heterocycles. The molecule has 0 aliphatic carbocycles. The second-order valence-corrected chi connectivity index (χ2v) is 4.64. The van der Waals surface area contributed by atoms with Gasteiger partial charge in [-0.15, -0.1) is 0 Å². The van der Waals surface area contributed by atoms with Crippen LogP contribution in [0, 0.1) is 5.92 Å². The Bertz CT molecular complexity index is 251. The Labute approximate surface area is 99.1 Å². The third kappa shape index (κ3) is 3.67. The van der Waals surface area contributed by atoms with Gasteiger partial charge in [0.25, 0.3) is 0 Å². The zero-order valence-corrected chi connectivity index (χ0v) is 10.8. The van der Waals surface area contributed by atoms with Crippen LogP contribution in [0.4, 0.5) is 0 Å². The lowest BCUT2D eigenvalue weighted by Gasteiger charge is -2.33. The Hall–Kier alpha value is -0.760. The molecule has 1 N–H and O–H groups in total. The van der Waals surface area contributed by atoms with E-state index in [2.05, 4.69) is 36.6 Å². The quantitative estimate of drug-likeness (QED) is 0.573. The Morgan fingerprint density at radius 3 is 2.38 bits per heavy atom. The summed E-state index contributed by atoms with van der Waals surface area (Å²) in [5.74, 6) is 1.27. The Morgan fingerprint density at radius 2 is 1.94 bits per heavy atom. The van der Waals surface area contributed by atoms with Crippen LogP contribution in [0.1, 0.15) is 33.1 Å². The largest absolute Gasteiger partial charge is 0.491 e. The molecule has 0 amide bonds. The summed E-state index contributed by atoms with van der Waals surface area (Å²) >= 11 is 0. The Kier molecular flexibility index (Phi) is 5.61. The molecule has 92 valence electrons. The SMILES string of the molecule is C=C=C(OC)C(NN1CCCCC1)C(C)C. The van der Waals surface area contributed by atoms with Crippen LogP contribution in [0.25, 0.3) is 0 Å². The predicted octanol–water partition coefficient (Wildman–Crippen LogP) is 2.32. The van der Waals surface area contributed by atoms with E-state index < -0.39 is 0 Å². The minimum atomic E-state index is 0.181. The van der Waals surface area contributed by atoms with Gasteiger partial charge in [-0.3, -0.25) is 0 Å². The fraction of sp³-hybridized carbons (Fsp3) is 0.769. The average Bonchev–Trinajstić information content (AvgIpc) is 2.30. The third-order valence-electron chi connectivity index (χ3n) is 3.02. The summed E-state index contributed by atoms with van der Waals surface area (Å²) in [6.45, 7) is 10.3. The summed E-state index contributed by atoms with van der Waals surface area (Å²) in [7, 11) is 1.68. The molecule has 0 aromatic rings. The first kappa shape index (κ1) is 13.3. The second-order valence-electron chi connectivity index (χ2n) is 4.64. The molecule has 1 aliphatic rings. The standard InChI is InChI=1S/C13H24N2O/c1-5-12(16-4)13(11(2)3)14-15-9-7-6-8-10-15/h11,13-14H,1,6-10H2,2-4H3. The number of methoxy groups -OCH3 is 1. The van der Waals surface area contributed by atoms with Gasteiger partial charge >= 0.3 is 0 Å². The van der Waals surface area contributed by atoms with Crippen LogP contribution in [0.5, 0.6) is 0 Å². The molecule has 0 bridgehead atoms. The summed E-state index contributed by atoms with van der Waals surface area (Å²) in [6, 6.07) is 0.181. The van der Waals surface area contributed by atoms with Crippen molar-refractivity contribution in [3.63, 3.8) is 0 Å². The van der Waals surface area contributed by atoms with Crippen LogP contribution in [-0.2, 0) is 4.74 Å². The minimum Gasteiger partial charge on any atom is -0.491 e. The van der Waals surface area contributed by atoms with Crippen molar-refractivity contribution in [2.45, 2.75) is 39.2 Å². The molecule has 16 heavy (non-hydrogen) atoms. The van der Waals surface area contributed by atoms with Crippen molar-refractivity contribution in [2.24, 2.45) is 5.92 Å². The highest BCUT2D eigenvalue weighted by molar-refractivity contribution is 5.01. The molecule has 1 atom stereocenters. The fourth-order valence-electron chi connectivity index (χ4n) is 2.04. The van der Waals surface area contributed by atoms with E-state index in [0.29, 0.717) is 5.92 Å². The molecular formula is C13H24N2O. The van der Waals surface area contributed by atoms with E-state index in [1.807, 2.05) is 0 Å². The van der Waals surface area contributed by atoms with Gasteiger partial charge in [-0.1, -0.05) is 32.6 Å². The minimum absolute atomic E-state index is 0.181. The normalized spacial score (nSPS) is 19.2. The van der Waals surface area contributed by atoms with Crippen LogP contribution in [0.3, 0.4) is 0 Å². The maximum absolute atomic E-state index is 5.32. The first-order valence-corrected chi connectivity index (χ1v) is 6.14. The van der Waals surface area contributed by atoms with E-state index in [1.165, 1.54) is 19.3 Å². The maximum Gasteiger partial charge on any atom is 0.156 e. The van der Waals surface area contributed by atoms with Gasteiger partial charge in [0.15, 0.2) is 5.76 Å². The average molecular weight is 224 g/mol. The first-order valence-electron chi connectivity index (χ1n) is 6.14. The van der Waals surface area contributed by atoms with Crippen molar-refractivity contribution in [1.29, 1.82) is 0 Å². The molecule has 0 aromatic carbocycles. The molecule has 1 fully saturated rings. The number of hydrogen-bond donors (Lipinski definition) is 1. The molecular weight excluding hydrogens is 200 g/mol. The van der Waals surface area contributed by atoms with Gasteiger partial charge in [-0.2, -0.15) is 0 Å². The molecule has 0 saturated carbocycles. The number of nitrogens with one attached hydrogen (secondary N) is 1. The molecule has 0 spiro atoms. The van der Waals surface area contributed by atoms with Gasteiger partial charge in [0, 0.05) is 13.1 Å². The smallest absolute Gasteiger partial charge is 0.156 e. The van der Waals surface area contributed by atoms with Crippen LogP contribution < -0.4 is 5.43 Å². The van der Waals surface area contributed by atoms with E-state index in [9.17, 15) is 0 Å². The number of hydrogen-bond acceptors (Lipinski definition) is 3. The molecule has 1 saturated heterocycles. The van der Waals surface area contributed by atoms with Gasteiger partial charge in [0.1, 0.15) is 0 Å². The van der Waals surface area contributed by atoms with Crippen molar-refractivity contribution in [3.8, 4) is 0 Å². The second kappa shape index (κ2) is 6.74. The lowest BCUT2D eigenvalue weighted by atomic mass is 10.0. The lowest BCUT2D eigenvalue weighted by molar-refractivity contribution is 0.0997. The highest BCUT2D eigenvalue weighted by Crippen LogP contribution is 2.14. The number of ether oxygens (including phenoxy) is 1. The van der Waals surface area contributed by atoms with Crippen molar-refractivity contribution >= 4 is 0 Å². The van der Waals surface area contributed by atoms with E-state index in [4.69, 9.17) is 4.74 Å². The van der Waals surface area contributed by atoms with Crippen molar-refractivity contribution in [1.82, 2.24) is 10.4 Å². The number of hydrazine groups is 1. The highest BCUT2D eigenvalue weighted by atomic mass is 16.5. The lowest BCUT2D eigenvalue weighted by Crippen LogP contribution is -2.50. The molecule has 0 radical (unpaired) electrons. The van der Waals surface area contributed by atoms with E-state index in [0.717, 1.165) is 18.8 Å². The van der Waals surface area contributed by atoms with Crippen molar-refractivity contribution in [2.75, 3.05) is 20.2 Å². The summed E-state index contributed by atoms with van der Waals surface area (Å²) < 4.78 is 5.32. The van der Waals surface area contributed by atoms with Crippen molar-refractivity contribution in [3.05, 3.63) is 18.1 Å². The van der Waals surface area contributed by atoms with Crippen molar-refractivity contribution < 1.29 is 4.74 Å². The Balaban J connectivity index is 2.59. The molecule has 3 nitrogen and oxygen atoms in total. The summed E-state index contributed by atoms with van der Waals surface area (Å²) in [5, 5.41) is 2.30. The van der Waals surface area contributed by atoms with Gasteiger partial charge in [-0.25, -0.2) is 10.4 Å². The van der Waals surface area contributed by atoms with Crippen LogP contribution in [0.15, 0.2) is 18.1 Å². The predicted molar refractivity (Wildman–Crippen MR) is 66.8 cm³/mol. The van der Waals surface area contributed by atoms with Gasteiger partial charge in [0.05, 0.1) is 13.2 Å². The monoisotopic (exact) mass is 224 g/mol. The highest BCUT2D eigenvalue weighted by Gasteiger charge is 2.22. The van der Waals surface area contributed by atoms with Crippen LogP contribution >= 0.6 is 0 Å². The van der Waals surface area contributed by atoms with E-state index in [1.54, 1.807) is 7.11 Å². The molecule has 1 heterocycles. The summed E-state index contributed by atoms with van der Waals surface area (Å²) in [5.41, 5.74) is 6.40. The zero-order chi connectivity index (χ0) is 12.0. The first-order chi connectivity index (χ1) is 7.69. The topological polar surface area (TPSA) is 24.5 Å². The van der Waals surface area contributed by atoms with Gasteiger partial charge in [-0.05, 0) is 18.8 Å².